The summed E-state index contributed by atoms with van der Waals surface area (Å²) in [5.41, 5.74) is -5.54. The van der Waals surface area contributed by atoms with Gasteiger partial charge in [0.15, 0.2) is 20.6 Å². The van der Waals surface area contributed by atoms with E-state index < -0.39 is 207 Å². The second-order valence-corrected chi connectivity index (χ2v) is 42.0. The first kappa shape index (κ1) is 108. The van der Waals surface area contributed by atoms with Crippen molar-refractivity contribution < 1.29 is 102 Å². The van der Waals surface area contributed by atoms with Crippen LogP contribution in [0.5, 0.6) is 17.2 Å². The van der Waals surface area contributed by atoms with Gasteiger partial charge in [-0.2, -0.15) is 4.57 Å². The zero-order valence-corrected chi connectivity index (χ0v) is 84.0. The molecule has 8 heterocycles. The molecule has 744 valence electrons. The number of aromatic nitrogens is 8. The number of hydrogen-bond acceptors (Lipinski definition) is 30. The molecule has 4 fully saturated rings. The van der Waals surface area contributed by atoms with Gasteiger partial charge in [-0.3, -0.25) is 75.7 Å². The normalized spacial score (nSPS) is 20.3. The smallest absolute Gasteiger partial charge is 0.340 e. The van der Waals surface area contributed by atoms with E-state index in [1.54, 1.807) is 38.1 Å². The van der Waals surface area contributed by atoms with Crippen molar-refractivity contribution in [2.75, 3.05) is 40.6 Å². The largest absolute Gasteiger partial charge is 0.497 e. The Hall–Kier alpha value is -14.6. The van der Waals surface area contributed by atoms with Gasteiger partial charge in [-0.1, -0.05) is 75.4 Å². The maximum absolute atomic E-state index is 15.2. The number of aryl methyl sites for hydroxylation is 4. The standard InChI is InChI=1S/C102H97N8O30P3Si/c1-15-16-17-18-19-20-21-22-23-24-25-26-27-28-29-30-31-32-33-37-52-127-77-54-71(53-65(2)70(77)7)95(117)110-85(112)50-51-106(100(110)121)96-91(140-144(13,14)101(8,9)10)90(136-89(113)49-40-69(6)111)84(135-96)64-131-143(124)139-80-57-88(109-60-68(5)94(116)105-99(109)120)134-83(80)63-130-142(123)138-79-56-87(108-59-67(4)93(115)104-98(108)119)133-82(79)62-129-141(122)137-78-55-86(107-58-66(3)92(114)103-97(107)118)132-81(78)61-128-102(72-38-35-34-36-39-72,73-41-45-75(125-11)46-42-73)74-43-47-76(126-12)48-44-74/h1,34-36,38-39,41-48,50-51,53-54,58-60,78-84,86-88,90-91,96,141-143H,40,49,55-57,61-64H2,2-14H3,(H,103,114,118)(H,104,115,119)(H,105,116,120)/t78?,79?,80?,81-,82-,83-,84-,86-,87-,88-,90?,91+,96-/m1/s1. The average molecular weight is 2040 g/mol. The van der Waals surface area contributed by atoms with E-state index in [0.717, 1.165) is 30.5 Å². The lowest BCUT2D eigenvalue weighted by molar-refractivity contribution is -0.156. The minimum absolute atomic E-state index is 0.0467. The summed E-state index contributed by atoms with van der Waals surface area (Å²) in [5, 5.41) is -0.626. The maximum atomic E-state index is 15.2. The average Bonchev–Trinajstić information content (AvgIpc) is 1.46. The summed E-state index contributed by atoms with van der Waals surface area (Å²) in [6.45, 7) is 15.7. The number of hydrogen-bond donors (Lipinski definition) is 3. The highest BCUT2D eigenvalue weighted by molar-refractivity contribution is 7.33. The van der Waals surface area contributed by atoms with Gasteiger partial charge in [-0.25, -0.2) is 19.2 Å². The molecule has 0 aliphatic carbocycles. The van der Waals surface area contributed by atoms with E-state index in [-0.39, 0.29) is 66.1 Å². The number of carbonyl (C=O) groups is 3. The second kappa shape index (κ2) is 49.9. The van der Waals surface area contributed by atoms with Gasteiger partial charge < -0.3 is 79.0 Å². The summed E-state index contributed by atoms with van der Waals surface area (Å²) in [6.07, 6.45) is -7.56. The van der Waals surface area contributed by atoms with Crippen molar-refractivity contribution in [1.29, 1.82) is 0 Å². The molecule has 144 heavy (non-hydrogen) atoms. The minimum atomic E-state index is -3.94. The Balaban J connectivity index is 0.770. The number of nitrogens with zero attached hydrogens (tertiary/aromatic N) is 5. The highest BCUT2D eigenvalue weighted by Gasteiger charge is 2.55. The van der Waals surface area contributed by atoms with Crippen LogP contribution >= 0.6 is 24.8 Å². The van der Waals surface area contributed by atoms with Crippen molar-refractivity contribution in [3.8, 4) is 148 Å². The van der Waals surface area contributed by atoms with Gasteiger partial charge in [0.05, 0.1) is 65.4 Å². The third kappa shape index (κ3) is 27.6. The molecular weight excluding hydrogens is 1940 g/mol. The van der Waals surface area contributed by atoms with Crippen LogP contribution in [0.25, 0.3) is 0 Å². The molecule has 0 spiro atoms. The summed E-state index contributed by atoms with van der Waals surface area (Å²) in [4.78, 5) is 156. The number of methoxy groups -OCH3 is 2. The third-order valence-corrected chi connectivity index (χ3v) is 30.8. The Morgan fingerprint density at radius 3 is 1.30 bits per heavy atom. The molecule has 0 radical (unpaired) electrons. The lowest BCUT2D eigenvalue weighted by atomic mass is 9.80. The summed E-state index contributed by atoms with van der Waals surface area (Å²) in [7, 11) is -11.7. The first-order valence-electron chi connectivity index (χ1n) is 44.5. The van der Waals surface area contributed by atoms with Crippen LogP contribution < -0.4 is 59.2 Å². The predicted molar refractivity (Wildman–Crippen MR) is 525 cm³/mol. The molecule has 8 aromatic rings. The topological polar surface area (TPSA) is 459 Å². The number of terminal acetylenes is 1. The van der Waals surface area contributed by atoms with Gasteiger partial charge in [0.25, 0.3) is 28.1 Å². The number of esters is 1. The molecule has 38 nitrogen and oxygen atoms in total. The van der Waals surface area contributed by atoms with Crippen LogP contribution in [-0.4, -0.2) is 159 Å². The van der Waals surface area contributed by atoms with Crippen molar-refractivity contribution in [3.05, 3.63) is 255 Å². The molecule has 4 aliphatic heterocycles. The molecule has 16 atom stereocenters. The first-order chi connectivity index (χ1) is 68.9. The summed E-state index contributed by atoms with van der Waals surface area (Å²) >= 11 is 0. The molecule has 0 bridgehead atoms. The zero-order valence-electron chi connectivity index (χ0n) is 80.0. The number of Topliss-reactive ketones (excluding diaryl/α,β-unsaturated/α-hetero) is 1. The van der Waals surface area contributed by atoms with Crippen molar-refractivity contribution in [3.63, 3.8) is 0 Å². The fourth-order valence-electron chi connectivity index (χ4n) is 15.1. The van der Waals surface area contributed by atoms with Gasteiger partial charge >= 0.3 is 53.5 Å². The van der Waals surface area contributed by atoms with Crippen LogP contribution in [0.15, 0.2) is 160 Å². The van der Waals surface area contributed by atoms with E-state index in [1.165, 1.54) is 72.6 Å². The third-order valence-electron chi connectivity index (χ3n) is 23.6. The monoisotopic (exact) mass is 2030 g/mol. The maximum Gasteiger partial charge on any atom is 0.340 e. The minimum Gasteiger partial charge on any atom is -0.497 e. The molecule has 4 saturated heterocycles. The van der Waals surface area contributed by atoms with Crippen molar-refractivity contribution >= 4 is 50.7 Å². The fourth-order valence-corrected chi connectivity index (χ4v) is 19.0. The van der Waals surface area contributed by atoms with Gasteiger partial charge in [0, 0.05) is 150 Å². The molecule has 0 amide bonds. The number of carbonyl (C=O) groups excluding carboxylic acids is 3. The van der Waals surface area contributed by atoms with Gasteiger partial charge in [0.1, 0.15) is 83.9 Å². The molecule has 3 N–H and O–H groups in total. The van der Waals surface area contributed by atoms with Crippen LogP contribution in [-0.2, 0) is 88.9 Å². The van der Waals surface area contributed by atoms with E-state index in [9.17, 15) is 61.6 Å². The SMILES string of the molecule is C#CC#CC#CC#CC#CC#CC#CC#CC#CC#CC#COc1cc(C(=O)n2c(=O)ccn([C@@H]3O[C@H](CO[PH](=O)OC4C[C@H](n5cc(C)c(=O)[nH]c5=O)O[C@@H]4CO[PH](=O)OC4C[C@H](n5cc(C)c(=O)[nH]c5=O)O[C@@H]4CO[PH](=O)OC4C[C@H](n5cc(C)c(=O)[nH]c5=O)O[C@@H]4COC(c4ccccc4)(c4ccc(OC)cc4)c4ccc(OC)cc4)C(OC(=O)CCC(C)=O)[C@@H]3O[Si](C)(C)C(C)(C)C)c2=O)cc(C)c1C. The number of rotatable bonds is 35. The predicted octanol–water partition coefficient (Wildman–Crippen LogP) is 7.73. The number of aromatic amines is 3. The van der Waals surface area contributed by atoms with E-state index in [0.29, 0.717) is 43.9 Å². The Labute approximate surface area is 828 Å². The Morgan fingerprint density at radius 2 is 0.889 bits per heavy atom. The molecule has 7 unspecified atom stereocenters. The van der Waals surface area contributed by atoms with E-state index >= 15 is 4.79 Å². The highest BCUT2D eigenvalue weighted by Crippen LogP contribution is 2.48. The van der Waals surface area contributed by atoms with E-state index in [1.807, 2.05) is 88.5 Å². The number of ketones is 1. The molecule has 4 aromatic carbocycles. The Bertz CT molecular complexity index is 7550. The Kier molecular flexibility index (Phi) is 37.5. The number of H-pyrrole nitrogens is 3. The summed E-state index contributed by atoms with van der Waals surface area (Å²) in [6, 6.07) is 27.3. The molecule has 0 saturated carbocycles. The molecule has 4 aliphatic rings. The number of ether oxygens (including phenoxy) is 9. The molecular formula is C102H97N8O30P3Si. The van der Waals surface area contributed by atoms with Crippen molar-refractivity contribution in [2.24, 2.45) is 0 Å². The van der Waals surface area contributed by atoms with Crippen LogP contribution in [0, 0.1) is 166 Å². The molecule has 12 rings (SSSR count). The molecule has 4 aromatic heterocycles. The van der Waals surface area contributed by atoms with Crippen LogP contribution in [0.1, 0.15) is 140 Å². The highest BCUT2D eigenvalue weighted by atomic mass is 31.1. The van der Waals surface area contributed by atoms with Gasteiger partial charge in [-0.05, 0) is 171 Å². The zero-order chi connectivity index (χ0) is 104. The number of nitrogens with one attached hydrogen (secondary N) is 3. The quantitative estimate of drug-likeness (QED) is 0.0112. The lowest BCUT2D eigenvalue weighted by Gasteiger charge is -2.40. The molecule has 42 heteroatoms. The van der Waals surface area contributed by atoms with Crippen LogP contribution in [0.2, 0.25) is 18.1 Å². The van der Waals surface area contributed by atoms with Gasteiger partial charge in [-0.15, -0.1) is 6.42 Å². The second-order valence-electron chi connectivity index (χ2n) is 34.2. The van der Waals surface area contributed by atoms with Crippen LogP contribution in [0.3, 0.4) is 0 Å². The summed E-state index contributed by atoms with van der Waals surface area (Å²) in [5.74, 6) is 47.7. The van der Waals surface area contributed by atoms with E-state index in [4.69, 9.17) is 80.6 Å². The Morgan fingerprint density at radius 1 is 0.486 bits per heavy atom. The van der Waals surface area contributed by atoms with Crippen LogP contribution in [0.4, 0.5) is 0 Å². The summed E-state index contributed by atoms with van der Waals surface area (Å²) < 4.78 is 148. The lowest BCUT2D eigenvalue weighted by Crippen LogP contribution is -2.51. The van der Waals surface area contributed by atoms with Crippen molar-refractivity contribution in [2.45, 2.75) is 198 Å². The van der Waals surface area contributed by atoms with Crippen molar-refractivity contribution in [1.82, 2.24) is 37.8 Å². The van der Waals surface area contributed by atoms with E-state index in [2.05, 4.69) is 139 Å². The first-order valence-corrected chi connectivity index (χ1v) is 51.0. The van der Waals surface area contributed by atoms with Gasteiger partial charge in [0.2, 0.25) is 0 Å². The fraction of sp³-hybridized carbons (Fsp3) is 0.363. The number of benzene rings is 4.